The molecule has 4 heterocycles. The lowest BCUT2D eigenvalue weighted by atomic mass is 9.90. The van der Waals surface area contributed by atoms with Crippen LogP contribution in [0.25, 0.3) is 18.0 Å². The monoisotopic (exact) mass is 463 g/mol. The van der Waals surface area contributed by atoms with Gasteiger partial charge in [0.05, 0.1) is 29.0 Å². The van der Waals surface area contributed by atoms with Gasteiger partial charge in [-0.2, -0.15) is 5.10 Å². The molecule has 0 radical (unpaired) electrons. The van der Waals surface area contributed by atoms with Gasteiger partial charge in [0.2, 0.25) is 0 Å². The summed E-state index contributed by atoms with van der Waals surface area (Å²) in [6.45, 7) is 4.23. The van der Waals surface area contributed by atoms with Crippen LogP contribution >= 0.6 is 0 Å². The van der Waals surface area contributed by atoms with Crippen molar-refractivity contribution in [2.45, 2.75) is 38.1 Å². The van der Waals surface area contributed by atoms with E-state index in [-0.39, 0.29) is 18.3 Å². The van der Waals surface area contributed by atoms with Crippen LogP contribution in [0.5, 0.6) is 0 Å². The molecule has 0 saturated carbocycles. The SMILES string of the molecule is CN1CCC(C)(Nc2ccc3c(n2)=CC(Nc2ccc(-n4ccc(CO)n4)cc2F)NC=3)CC1. The minimum absolute atomic E-state index is 0.0272. The Morgan fingerprint density at radius 3 is 2.76 bits per heavy atom. The Hall–Kier alpha value is -3.43. The summed E-state index contributed by atoms with van der Waals surface area (Å²) < 4.78 is 16.4. The van der Waals surface area contributed by atoms with Gasteiger partial charge in [-0.1, -0.05) is 0 Å². The first-order valence-electron chi connectivity index (χ1n) is 11.5. The minimum Gasteiger partial charge on any atom is -0.390 e. The molecule has 1 unspecified atom stereocenters. The van der Waals surface area contributed by atoms with E-state index in [4.69, 9.17) is 4.98 Å². The van der Waals surface area contributed by atoms with Crippen LogP contribution in [0.4, 0.5) is 15.9 Å². The van der Waals surface area contributed by atoms with Gasteiger partial charge in [0.1, 0.15) is 17.8 Å². The van der Waals surface area contributed by atoms with E-state index in [0.29, 0.717) is 17.1 Å². The number of aliphatic hydroxyl groups excluding tert-OH is 1. The van der Waals surface area contributed by atoms with Crippen LogP contribution in [0.1, 0.15) is 25.5 Å². The van der Waals surface area contributed by atoms with Gasteiger partial charge in [-0.3, -0.25) is 0 Å². The smallest absolute Gasteiger partial charge is 0.148 e. The summed E-state index contributed by atoms with van der Waals surface area (Å²) in [5.74, 6) is 0.464. The van der Waals surface area contributed by atoms with Crippen molar-refractivity contribution in [3.8, 4) is 5.69 Å². The number of anilines is 2. The highest BCUT2D eigenvalue weighted by Gasteiger charge is 2.28. The van der Waals surface area contributed by atoms with Gasteiger partial charge in [0.15, 0.2) is 0 Å². The summed E-state index contributed by atoms with van der Waals surface area (Å²) in [5, 5.41) is 25.3. The molecule has 8 nitrogen and oxygen atoms in total. The van der Waals surface area contributed by atoms with Gasteiger partial charge >= 0.3 is 0 Å². The molecule has 1 saturated heterocycles. The highest BCUT2D eigenvalue weighted by Crippen LogP contribution is 2.24. The van der Waals surface area contributed by atoms with Crippen LogP contribution in [0.2, 0.25) is 0 Å². The molecular formula is C25H30FN7O. The number of fused-ring (bicyclic) bond motifs is 1. The van der Waals surface area contributed by atoms with Crippen LogP contribution in [0.15, 0.2) is 42.6 Å². The van der Waals surface area contributed by atoms with Crippen molar-refractivity contribution in [3.05, 3.63) is 64.7 Å². The van der Waals surface area contributed by atoms with E-state index < -0.39 is 5.82 Å². The van der Waals surface area contributed by atoms with E-state index in [1.807, 2.05) is 24.4 Å². The largest absolute Gasteiger partial charge is 0.390 e. The maximum absolute atomic E-state index is 14.8. The highest BCUT2D eigenvalue weighted by atomic mass is 19.1. The lowest BCUT2D eigenvalue weighted by Crippen LogP contribution is -2.47. The molecule has 2 aliphatic heterocycles. The van der Waals surface area contributed by atoms with Crippen molar-refractivity contribution in [3.63, 3.8) is 0 Å². The Morgan fingerprint density at radius 1 is 1.21 bits per heavy atom. The second kappa shape index (κ2) is 9.08. The van der Waals surface area contributed by atoms with Crippen molar-refractivity contribution < 1.29 is 9.50 Å². The number of piperidine rings is 1. The predicted octanol–water partition coefficient (Wildman–Crippen LogP) is 1.35. The van der Waals surface area contributed by atoms with Gasteiger partial charge in [-0.05, 0) is 63.2 Å². The van der Waals surface area contributed by atoms with E-state index in [2.05, 4.69) is 39.9 Å². The molecule has 5 rings (SSSR count). The first kappa shape index (κ1) is 22.4. The Morgan fingerprint density at radius 2 is 2.03 bits per heavy atom. The summed E-state index contributed by atoms with van der Waals surface area (Å²) >= 11 is 0. The minimum atomic E-state index is -0.391. The van der Waals surface area contributed by atoms with Gasteiger partial charge in [0, 0.05) is 42.3 Å². The number of nitrogens with one attached hydrogen (secondary N) is 3. The number of pyridine rings is 1. The van der Waals surface area contributed by atoms with E-state index in [1.165, 1.54) is 10.7 Å². The molecule has 3 aromatic rings. The van der Waals surface area contributed by atoms with Crippen LogP contribution in [0, 0.1) is 5.82 Å². The molecule has 34 heavy (non-hydrogen) atoms. The zero-order valence-corrected chi connectivity index (χ0v) is 19.4. The molecule has 0 bridgehead atoms. The number of aliphatic hydroxyl groups is 1. The normalized spacial score (nSPS) is 19.4. The van der Waals surface area contributed by atoms with Crippen LogP contribution in [-0.4, -0.2) is 56.6 Å². The number of benzene rings is 1. The van der Waals surface area contributed by atoms with Gasteiger partial charge < -0.3 is 26.0 Å². The van der Waals surface area contributed by atoms with Crippen molar-refractivity contribution in [2.24, 2.45) is 0 Å². The summed E-state index contributed by atoms with van der Waals surface area (Å²) in [4.78, 5) is 7.18. The molecule has 178 valence electrons. The number of likely N-dealkylation sites (tertiary alicyclic amines) is 1. The van der Waals surface area contributed by atoms with E-state index in [9.17, 15) is 9.50 Å². The fraction of sp³-hybridized carbons (Fsp3) is 0.360. The number of nitrogens with zero attached hydrogens (tertiary/aromatic N) is 4. The van der Waals surface area contributed by atoms with Crippen molar-refractivity contribution in [1.29, 1.82) is 0 Å². The molecule has 0 aliphatic carbocycles. The molecule has 2 aromatic heterocycles. The third-order valence-corrected chi connectivity index (χ3v) is 6.56. The molecular weight excluding hydrogens is 433 g/mol. The Labute approximate surface area is 197 Å². The van der Waals surface area contributed by atoms with Crippen molar-refractivity contribution in [1.82, 2.24) is 25.0 Å². The predicted molar refractivity (Wildman–Crippen MR) is 131 cm³/mol. The zero-order valence-electron chi connectivity index (χ0n) is 19.4. The number of hydrogen-bond acceptors (Lipinski definition) is 7. The maximum Gasteiger partial charge on any atom is 0.148 e. The van der Waals surface area contributed by atoms with Crippen LogP contribution < -0.4 is 26.5 Å². The first-order chi connectivity index (χ1) is 16.4. The topological polar surface area (TPSA) is 90.3 Å². The zero-order chi connectivity index (χ0) is 23.7. The van der Waals surface area contributed by atoms with Gasteiger partial charge in [0.25, 0.3) is 0 Å². The fourth-order valence-corrected chi connectivity index (χ4v) is 4.35. The average molecular weight is 464 g/mol. The second-order valence-corrected chi connectivity index (χ2v) is 9.33. The summed E-state index contributed by atoms with van der Waals surface area (Å²) in [5.41, 5.74) is 1.51. The van der Waals surface area contributed by atoms with Crippen LogP contribution in [0.3, 0.4) is 0 Å². The molecule has 2 aliphatic rings. The first-order valence-corrected chi connectivity index (χ1v) is 11.5. The molecule has 4 N–H and O–H groups in total. The second-order valence-electron chi connectivity index (χ2n) is 9.33. The molecule has 1 aromatic carbocycles. The summed E-state index contributed by atoms with van der Waals surface area (Å²) in [6.07, 6.45) is 7.39. The lowest BCUT2D eigenvalue weighted by molar-refractivity contribution is 0.216. The van der Waals surface area contributed by atoms with E-state index >= 15 is 0 Å². The number of rotatable bonds is 6. The average Bonchev–Trinajstić information content (AvgIpc) is 3.32. The van der Waals surface area contributed by atoms with Crippen LogP contribution in [-0.2, 0) is 6.61 Å². The molecule has 0 spiro atoms. The molecule has 9 heteroatoms. The number of aromatic nitrogens is 3. The molecule has 1 fully saturated rings. The summed E-state index contributed by atoms with van der Waals surface area (Å²) in [7, 11) is 2.16. The Kier molecular flexibility index (Phi) is 5.97. The molecule has 1 atom stereocenters. The number of halogens is 1. The fourth-order valence-electron chi connectivity index (χ4n) is 4.35. The Bertz CT molecular complexity index is 1300. The third-order valence-electron chi connectivity index (χ3n) is 6.56. The van der Waals surface area contributed by atoms with Crippen molar-refractivity contribution in [2.75, 3.05) is 30.8 Å². The van der Waals surface area contributed by atoms with Gasteiger partial charge in [-0.15, -0.1) is 0 Å². The van der Waals surface area contributed by atoms with E-state index in [0.717, 1.165) is 42.3 Å². The standard InChI is InChI=1S/C25H30FN7O/c1-25(8-11-32(2)12-9-25)30-23-6-3-17-15-27-24(14-22(17)29-23)28-21-5-4-19(13-20(21)26)33-10-7-18(16-34)31-33/h3-7,10,13-15,24,27-28,34H,8-9,11-12,16H2,1-2H3,(H,29,30). The lowest BCUT2D eigenvalue weighted by Gasteiger charge is -2.39. The third kappa shape index (κ3) is 4.76. The number of hydrogen-bond donors (Lipinski definition) is 4. The van der Waals surface area contributed by atoms with Crippen molar-refractivity contribution >= 4 is 23.8 Å². The van der Waals surface area contributed by atoms with Gasteiger partial charge in [-0.25, -0.2) is 14.1 Å². The molecule has 0 amide bonds. The van der Waals surface area contributed by atoms with E-state index in [1.54, 1.807) is 24.4 Å². The highest BCUT2D eigenvalue weighted by molar-refractivity contribution is 5.55. The Balaban J connectivity index is 1.32. The summed E-state index contributed by atoms with van der Waals surface area (Å²) in [6, 6.07) is 10.6. The maximum atomic E-state index is 14.8. The quantitative estimate of drug-likeness (QED) is 0.439.